The lowest BCUT2D eigenvalue weighted by atomic mass is 9.91. The molecule has 0 aliphatic rings. The van der Waals surface area contributed by atoms with Gasteiger partial charge in [0.1, 0.15) is 0 Å². The Hall–Kier alpha value is -4.54. The number of hydrogen-bond acceptors (Lipinski definition) is 3. The van der Waals surface area contributed by atoms with Gasteiger partial charge in [0, 0.05) is 37.0 Å². The number of rotatable bonds is 8. The van der Waals surface area contributed by atoms with Crippen molar-refractivity contribution >= 4 is 31.5 Å². The maximum absolute atomic E-state index is 4.71. The van der Waals surface area contributed by atoms with Crippen LogP contribution < -0.4 is 0 Å². The molecule has 2 heterocycles. The lowest BCUT2D eigenvalue weighted by molar-refractivity contribution is 0.734. The first-order valence-corrected chi connectivity index (χ1v) is 16.5. The molecular formula is C40H37N3S. The SMILES string of the molecule is CCC(C)c1ccc2sc3c(-c4ccc(-c5nnc(-c6ccccc6)n5-c5ccccc5)cc4)cc(C(C)CC)cc3c2c1. The normalized spacial score (nSPS) is 13.0. The molecule has 0 spiro atoms. The van der Waals surface area contributed by atoms with Crippen molar-refractivity contribution in [2.45, 2.75) is 52.4 Å². The zero-order chi connectivity index (χ0) is 30.2. The maximum Gasteiger partial charge on any atom is 0.168 e. The highest BCUT2D eigenvalue weighted by molar-refractivity contribution is 7.26. The summed E-state index contributed by atoms with van der Waals surface area (Å²) in [6, 6.07) is 41.5. The highest BCUT2D eigenvalue weighted by atomic mass is 32.1. The first-order valence-electron chi connectivity index (χ1n) is 15.7. The van der Waals surface area contributed by atoms with Crippen molar-refractivity contribution < 1.29 is 0 Å². The van der Waals surface area contributed by atoms with E-state index in [9.17, 15) is 0 Å². The zero-order valence-electron chi connectivity index (χ0n) is 25.8. The van der Waals surface area contributed by atoms with Gasteiger partial charge >= 0.3 is 0 Å². The van der Waals surface area contributed by atoms with Crippen LogP contribution in [0.4, 0.5) is 0 Å². The Morgan fingerprint density at radius 3 is 1.82 bits per heavy atom. The average molecular weight is 592 g/mol. The predicted molar refractivity (Wildman–Crippen MR) is 188 cm³/mol. The maximum atomic E-state index is 4.71. The van der Waals surface area contributed by atoms with E-state index >= 15 is 0 Å². The van der Waals surface area contributed by atoms with Gasteiger partial charge < -0.3 is 0 Å². The molecule has 0 N–H and O–H groups in total. The summed E-state index contributed by atoms with van der Waals surface area (Å²) in [6.07, 6.45) is 2.26. The lowest BCUT2D eigenvalue weighted by Crippen LogP contribution is -2.00. The fourth-order valence-corrected chi connectivity index (χ4v) is 7.26. The van der Waals surface area contributed by atoms with Gasteiger partial charge in [-0.05, 0) is 83.3 Å². The molecule has 0 aliphatic heterocycles. The standard InChI is InChI=1S/C40H37N3S/c1-5-26(3)31-21-22-37-35(23-31)36-25-32(27(4)6-2)24-34(38(36)44-37)28-17-19-30(20-18-28)40-42-41-39(29-13-9-7-10-14-29)43(40)33-15-11-8-12-16-33/h7-27H,5-6H2,1-4H3. The average Bonchev–Trinajstić information content (AvgIpc) is 3.70. The van der Waals surface area contributed by atoms with Crippen molar-refractivity contribution in [2.75, 3.05) is 0 Å². The van der Waals surface area contributed by atoms with Gasteiger partial charge in [-0.2, -0.15) is 0 Å². The van der Waals surface area contributed by atoms with Gasteiger partial charge in [0.2, 0.25) is 0 Å². The second kappa shape index (κ2) is 11.9. The van der Waals surface area contributed by atoms with E-state index in [1.165, 1.54) is 42.4 Å². The van der Waals surface area contributed by atoms with Crippen LogP contribution in [0, 0.1) is 0 Å². The van der Waals surface area contributed by atoms with Crippen molar-refractivity contribution in [3.8, 4) is 39.6 Å². The summed E-state index contributed by atoms with van der Waals surface area (Å²) < 4.78 is 4.88. The largest absolute Gasteiger partial charge is 0.275 e. The van der Waals surface area contributed by atoms with Crippen LogP contribution in [0.3, 0.4) is 0 Å². The Morgan fingerprint density at radius 2 is 1.16 bits per heavy atom. The zero-order valence-corrected chi connectivity index (χ0v) is 26.6. The molecule has 2 unspecified atom stereocenters. The summed E-state index contributed by atoms with van der Waals surface area (Å²) in [6.45, 7) is 9.22. The fourth-order valence-electron chi connectivity index (χ4n) is 6.06. The molecule has 0 aliphatic carbocycles. The van der Waals surface area contributed by atoms with Crippen LogP contribution in [0.25, 0.3) is 59.8 Å². The Labute approximate surface area is 263 Å². The summed E-state index contributed by atoms with van der Waals surface area (Å²) in [5, 5.41) is 12.1. The monoisotopic (exact) mass is 591 g/mol. The number of nitrogens with zero attached hydrogens (tertiary/aromatic N) is 3. The highest BCUT2D eigenvalue weighted by Crippen LogP contribution is 2.43. The molecule has 0 saturated carbocycles. The first kappa shape index (κ1) is 28.2. The quantitative estimate of drug-likeness (QED) is 0.176. The van der Waals surface area contributed by atoms with Crippen LogP contribution in [0.1, 0.15) is 63.5 Å². The van der Waals surface area contributed by atoms with Crippen LogP contribution >= 0.6 is 11.3 Å². The molecule has 218 valence electrons. The Balaban J connectivity index is 1.36. The molecule has 0 saturated heterocycles. The number of fused-ring (bicyclic) bond motifs is 3. The fraction of sp³-hybridized carbons (Fsp3) is 0.200. The number of aromatic nitrogens is 3. The van der Waals surface area contributed by atoms with E-state index in [-0.39, 0.29) is 0 Å². The molecule has 7 rings (SSSR count). The van der Waals surface area contributed by atoms with Crippen molar-refractivity contribution in [3.05, 3.63) is 126 Å². The van der Waals surface area contributed by atoms with Gasteiger partial charge in [-0.1, -0.05) is 107 Å². The summed E-state index contributed by atoms with van der Waals surface area (Å²) >= 11 is 1.91. The second-order valence-corrected chi connectivity index (χ2v) is 12.9. The molecule has 2 atom stereocenters. The summed E-state index contributed by atoms with van der Waals surface area (Å²) in [5.41, 5.74) is 8.49. The van der Waals surface area contributed by atoms with Crippen LogP contribution in [-0.4, -0.2) is 14.8 Å². The van der Waals surface area contributed by atoms with Gasteiger partial charge in [0.15, 0.2) is 11.6 Å². The predicted octanol–water partition coefficient (Wildman–Crippen LogP) is 11.7. The molecule has 4 heteroatoms. The molecule has 0 radical (unpaired) electrons. The smallest absolute Gasteiger partial charge is 0.168 e. The molecule has 0 fully saturated rings. The summed E-state index contributed by atoms with van der Waals surface area (Å²) in [5.74, 6) is 2.71. The number of benzene rings is 5. The van der Waals surface area contributed by atoms with Gasteiger partial charge in [0.25, 0.3) is 0 Å². The Morgan fingerprint density at radius 1 is 0.591 bits per heavy atom. The Bertz CT molecular complexity index is 2050. The molecule has 2 aromatic heterocycles. The minimum absolute atomic E-state index is 0.492. The molecule has 0 amide bonds. The van der Waals surface area contributed by atoms with Gasteiger partial charge in [0.05, 0.1) is 0 Å². The third-order valence-electron chi connectivity index (χ3n) is 9.14. The molecule has 3 nitrogen and oxygen atoms in total. The van der Waals surface area contributed by atoms with Crippen molar-refractivity contribution in [2.24, 2.45) is 0 Å². The molecule has 5 aromatic carbocycles. The third kappa shape index (κ3) is 5.03. The van der Waals surface area contributed by atoms with Crippen LogP contribution in [-0.2, 0) is 0 Å². The van der Waals surface area contributed by atoms with E-state index in [4.69, 9.17) is 5.10 Å². The van der Waals surface area contributed by atoms with Gasteiger partial charge in [-0.15, -0.1) is 21.5 Å². The molecule has 44 heavy (non-hydrogen) atoms. The van der Waals surface area contributed by atoms with Gasteiger partial charge in [-0.3, -0.25) is 4.57 Å². The van der Waals surface area contributed by atoms with Crippen LogP contribution in [0.2, 0.25) is 0 Å². The van der Waals surface area contributed by atoms with Gasteiger partial charge in [-0.25, -0.2) is 0 Å². The number of hydrogen-bond donors (Lipinski definition) is 0. The molecular weight excluding hydrogens is 555 g/mol. The first-order chi connectivity index (χ1) is 21.6. The minimum Gasteiger partial charge on any atom is -0.275 e. The summed E-state index contributed by atoms with van der Waals surface area (Å²) in [4.78, 5) is 0. The van der Waals surface area contributed by atoms with E-state index < -0.39 is 0 Å². The van der Waals surface area contributed by atoms with Crippen molar-refractivity contribution in [1.29, 1.82) is 0 Å². The van der Waals surface area contributed by atoms with E-state index in [0.717, 1.165) is 41.3 Å². The second-order valence-electron chi connectivity index (χ2n) is 11.9. The van der Waals surface area contributed by atoms with E-state index in [2.05, 4.69) is 128 Å². The van der Waals surface area contributed by atoms with Crippen LogP contribution in [0.5, 0.6) is 0 Å². The van der Waals surface area contributed by atoms with Crippen LogP contribution in [0.15, 0.2) is 115 Å². The minimum atomic E-state index is 0.492. The topological polar surface area (TPSA) is 30.7 Å². The molecule has 7 aromatic rings. The summed E-state index contributed by atoms with van der Waals surface area (Å²) in [7, 11) is 0. The van der Waals surface area contributed by atoms with E-state index in [1.807, 2.05) is 35.6 Å². The van der Waals surface area contributed by atoms with Crippen molar-refractivity contribution in [1.82, 2.24) is 14.8 Å². The highest BCUT2D eigenvalue weighted by Gasteiger charge is 2.19. The van der Waals surface area contributed by atoms with E-state index in [1.54, 1.807) is 0 Å². The number of para-hydroxylation sites is 1. The third-order valence-corrected chi connectivity index (χ3v) is 10.4. The Kier molecular flexibility index (Phi) is 7.61. The van der Waals surface area contributed by atoms with E-state index in [0.29, 0.717) is 11.8 Å². The molecule has 0 bridgehead atoms. The lowest BCUT2D eigenvalue weighted by Gasteiger charge is -2.14. The van der Waals surface area contributed by atoms with Crippen molar-refractivity contribution in [3.63, 3.8) is 0 Å². The number of thiophene rings is 1.